The summed E-state index contributed by atoms with van der Waals surface area (Å²) in [5, 5.41) is 9.62. The van der Waals surface area contributed by atoms with Gasteiger partial charge in [0.1, 0.15) is 0 Å². The van der Waals surface area contributed by atoms with Crippen molar-refractivity contribution in [3.05, 3.63) is 65.2 Å². The zero-order valence-electron chi connectivity index (χ0n) is 16.5. The number of hydrogen-bond donors (Lipinski definition) is 3. The van der Waals surface area contributed by atoms with E-state index in [-0.39, 0.29) is 5.91 Å². The van der Waals surface area contributed by atoms with Gasteiger partial charge in [0.25, 0.3) is 0 Å². The molecule has 0 aromatic heterocycles. The highest BCUT2D eigenvalue weighted by Gasteiger charge is 2.04. The number of hydrogen-bond acceptors (Lipinski definition) is 2. The molecule has 3 N–H and O–H groups in total. The van der Waals surface area contributed by atoms with E-state index in [1.165, 1.54) is 11.1 Å². The van der Waals surface area contributed by atoms with Gasteiger partial charge in [0.15, 0.2) is 5.96 Å². The van der Waals surface area contributed by atoms with Crippen LogP contribution in [0.5, 0.6) is 0 Å². The first-order valence-corrected chi connectivity index (χ1v) is 9.56. The standard InChI is InChI=1S/C22H30N4O/c1-4-9-21(27)26-20-13-8-10-17(14-20)15-24-22(23-3)25-16-19-12-7-6-11-18(19)5-2/h6-8,10-14H,4-5,9,15-16H2,1-3H3,(H,26,27)(H2,23,24,25). The van der Waals surface area contributed by atoms with E-state index < -0.39 is 0 Å². The second-order valence-electron chi connectivity index (χ2n) is 6.40. The van der Waals surface area contributed by atoms with E-state index in [1.807, 2.05) is 31.2 Å². The molecule has 0 aliphatic rings. The van der Waals surface area contributed by atoms with Crippen LogP contribution < -0.4 is 16.0 Å². The molecule has 0 bridgehead atoms. The van der Waals surface area contributed by atoms with Crippen molar-refractivity contribution in [2.24, 2.45) is 4.99 Å². The number of carbonyl (C=O) groups excluding carboxylic acids is 1. The van der Waals surface area contributed by atoms with Crippen molar-refractivity contribution in [2.45, 2.75) is 46.2 Å². The first-order chi connectivity index (χ1) is 13.2. The SMILES string of the molecule is CCCC(=O)Nc1cccc(CNC(=NC)NCc2ccccc2CC)c1. The van der Waals surface area contributed by atoms with Gasteiger partial charge in [0.05, 0.1) is 0 Å². The summed E-state index contributed by atoms with van der Waals surface area (Å²) in [5.41, 5.74) is 4.54. The molecule has 144 valence electrons. The minimum Gasteiger partial charge on any atom is -0.352 e. The smallest absolute Gasteiger partial charge is 0.224 e. The number of guanidine groups is 1. The van der Waals surface area contributed by atoms with Crippen LogP contribution in [0.15, 0.2) is 53.5 Å². The van der Waals surface area contributed by atoms with E-state index in [0.717, 1.165) is 36.6 Å². The van der Waals surface area contributed by atoms with Gasteiger partial charge >= 0.3 is 0 Å². The molecule has 0 aliphatic carbocycles. The lowest BCUT2D eigenvalue weighted by molar-refractivity contribution is -0.116. The average Bonchev–Trinajstić information content (AvgIpc) is 2.69. The zero-order valence-corrected chi connectivity index (χ0v) is 16.5. The van der Waals surface area contributed by atoms with Gasteiger partial charge in [-0.1, -0.05) is 50.2 Å². The van der Waals surface area contributed by atoms with E-state index in [4.69, 9.17) is 0 Å². The largest absolute Gasteiger partial charge is 0.352 e. The van der Waals surface area contributed by atoms with Gasteiger partial charge in [-0.05, 0) is 41.7 Å². The molecule has 0 saturated carbocycles. The number of amides is 1. The van der Waals surface area contributed by atoms with E-state index in [0.29, 0.717) is 13.0 Å². The van der Waals surface area contributed by atoms with Gasteiger partial charge in [-0.25, -0.2) is 0 Å². The molecule has 0 radical (unpaired) electrons. The van der Waals surface area contributed by atoms with E-state index in [1.54, 1.807) is 7.05 Å². The van der Waals surface area contributed by atoms with Crippen LogP contribution in [0.4, 0.5) is 5.69 Å². The predicted octanol–water partition coefficient (Wildman–Crippen LogP) is 3.85. The molecule has 2 aromatic rings. The number of nitrogens with one attached hydrogen (secondary N) is 3. The molecular formula is C22H30N4O. The van der Waals surface area contributed by atoms with Crippen molar-refractivity contribution in [2.75, 3.05) is 12.4 Å². The average molecular weight is 367 g/mol. The fourth-order valence-corrected chi connectivity index (χ4v) is 2.87. The van der Waals surface area contributed by atoms with Crippen molar-refractivity contribution in [1.29, 1.82) is 0 Å². The molecule has 5 heteroatoms. The molecule has 27 heavy (non-hydrogen) atoms. The lowest BCUT2D eigenvalue weighted by atomic mass is 10.1. The van der Waals surface area contributed by atoms with Crippen LogP contribution in [-0.4, -0.2) is 18.9 Å². The quantitative estimate of drug-likeness (QED) is 0.491. The normalized spacial score (nSPS) is 11.1. The van der Waals surface area contributed by atoms with Crippen LogP contribution in [0.1, 0.15) is 43.4 Å². The monoisotopic (exact) mass is 366 g/mol. The summed E-state index contributed by atoms with van der Waals surface area (Å²) in [7, 11) is 1.77. The van der Waals surface area contributed by atoms with Crippen molar-refractivity contribution < 1.29 is 4.79 Å². The Morgan fingerprint density at radius 1 is 0.963 bits per heavy atom. The van der Waals surface area contributed by atoms with Gasteiger partial charge in [-0.2, -0.15) is 0 Å². The number of benzene rings is 2. The van der Waals surface area contributed by atoms with Crippen molar-refractivity contribution in [3.8, 4) is 0 Å². The Morgan fingerprint density at radius 2 is 1.70 bits per heavy atom. The number of aryl methyl sites for hydroxylation is 1. The minimum atomic E-state index is 0.0506. The summed E-state index contributed by atoms with van der Waals surface area (Å²) in [6, 6.07) is 16.3. The summed E-state index contributed by atoms with van der Waals surface area (Å²) in [4.78, 5) is 16.0. The van der Waals surface area contributed by atoms with Crippen molar-refractivity contribution in [1.82, 2.24) is 10.6 Å². The number of nitrogens with zero attached hydrogens (tertiary/aromatic N) is 1. The maximum absolute atomic E-state index is 11.8. The lowest BCUT2D eigenvalue weighted by Gasteiger charge is -2.14. The molecule has 5 nitrogen and oxygen atoms in total. The van der Waals surface area contributed by atoms with Crippen LogP contribution >= 0.6 is 0 Å². The fraction of sp³-hybridized carbons (Fsp3) is 0.364. The molecule has 0 atom stereocenters. The topological polar surface area (TPSA) is 65.5 Å². The third kappa shape index (κ3) is 6.77. The zero-order chi connectivity index (χ0) is 19.5. The molecule has 1 amide bonds. The van der Waals surface area contributed by atoms with Crippen LogP contribution in [0, 0.1) is 0 Å². The summed E-state index contributed by atoms with van der Waals surface area (Å²) < 4.78 is 0. The van der Waals surface area contributed by atoms with Crippen molar-refractivity contribution >= 4 is 17.6 Å². The Balaban J connectivity index is 1.89. The fourth-order valence-electron chi connectivity index (χ4n) is 2.87. The molecule has 0 heterocycles. The minimum absolute atomic E-state index is 0.0506. The Labute approximate surface area is 162 Å². The highest BCUT2D eigenvalue weighted by atomic mass is 16.1. The second-order valence-corrected chi connectivity index (χ2v) is 6.40. The van der Waals surface area contributed by atoms with E-state index in [9.17, 15) is 4.79 Å². The Hall–Kier alpha value is -2.82. The van der Waals surface area contributed by atoms with Crippen LogP contribution in [0.2, 0.25) is 0 Å². The third-order valence-electron chi connectivity index (χ3n) is 4.32. The van der Waals surface area contributed by atoms with E-state index >= 15 is 0 Å². The highest BCUT2D eigenvalue weighted by molar-refractivity contribution is 5.90. The molecule has 0 saturated heterocycles. The number of rotatable bonds is 8. The molecule has 0 aliphatic heterocycles. The van der Waals surface area contributed by atoms with Gasteiger partial charge in [-0.3, -0.25) is 9.79 Å². The third-order valence-corrected chi connectivity index (χ3v) is 4.32. The highest BCUT2D eigenvalue weighted by Crippen LogP contribution is 2.12. The second kappa shape index (κ2) is 11.0. The summed E-state index contributed by atoms with van der Waals surface area (Å²) >= 11 is 0. The summed E-state index contributed by atoms with van der Waals surface area (Å²) in [6.07, 6.45) is 2.40. The van der Waals surface area contributed by atoms with Crippen LogP contribution in [0.3, 0.4) is 0 Å². The summed E-state index contributed by atoms with van der Waals surface area (Å²) in [5.74, 6) is 0.802. The van der Waals surface area contributed by atoms with Crippen LogP contribution in [-0.2, 0) is 24.3 Å². The van der Waals surface area contributed by atoms with Gasteiger partial charge in [-0.15, -0.1) is 0 Å². The maximum Gasteiger partial charge on any atom is 0.224 e. The first kappa shape index (κ1) is 20.5. The Kier molecular flexibility index (Phi) is 8.36. The molecule has 0 spiro atoms. The molecule has 2 rings (SSSR count). The van der Waals surface area contributed by atoms with Gasteiger partial charge < -0.3 is 16.0 Å². The number of carbonyl (C=O) groups is 1. The molecule has 0 unspecified atom stereocenters. The molecule has 0 fully saturated rings. The van der Waals surface area contributed by atoms with Crippen molar-refractivity contribution in [3.63, 3.8) is 0 Å². The van der Waals surface area contributed by atoms with E-state index in [2.05, 4.69) is 52.1 Å². The Morgan fingerprint density at radius 3 is 2.41 bits per heavy atom. The summed E-state index contributed by atoms with van der Waals surface area (Å²) in [6.45, 7) is 5.53. The molecular weight excluding hydrogens is 336 g/mol. The van der Waals surface area contributed by atoms with Gasteiger partial charge in [0.2, 0.25) is 5.91 Å². The van der Waals surface area contributed by atoms with Crippen LogP contribution in [0.25, 0.3) is 0 Å². The van der Waals surface area contributed by atoms with Gasteiger partial charge in [0, 0.05) is 32.2 Å². The lowest BCUT2D eigenvalue weighted by Crippen LogP contribution is -2.36. The Bertz CT molecular complexity index is 770. The number of anilines is 1. The maximum atomic E-state index is 11.8. The first-order valence-electron chi connectivity index (χ1n) is 9.56. The molecule has 2 aromatic carbocycles. The predicted molar refractivity (Wildman–Crippen MR) is 113 cm³/mol. The number of aliphatic imine (C=N–C) groups is 1.